The van der Waals surface area contributed by atoms with Gasteiger partial charge in [0.15, 0.2) is 0 Å². The number of halogens is 4. The Balaban J connectivity index is 1.60. The molecule has 1 heterocycles. The Morgan fingerprint density at radius 3 is 2.22 bits per heavy atom. The van der Waals surface area contributed by atoms with Gasteiger partial charge in [0.05, 0.1) is 11.1 Å². The van der Waals surface area contributed by atoms with Crippen molar-refractivity contribution >= 4 is 55.9 Å². The summed E-state index contributed by atoms with van der Waals surface area (Å²) in [6.07, 6.45) is -4.61. The van der Waals surface area contributed by atoms with E-state index in [9.17, 15) is 27.6 Å². The lowest BCUT2D eigenvalue weighted by Crippen LogP contribution is -2.36. The summed E-state index contributed by atoms with van der Waals surface area (Å²) in [6.45, 7) is 1.87. The van der Waals surface area contributed by atoms with Crippen LogP contribution in [0.25, 0.3) is 10.9 Å². The summed E-state index contributed by atoms with van der Waals surface area (Å²) < 4.78 is 40.7. The van der Waals surface area contributed by atoms with Crippen molar-refractivity contribution in [2.45, 2.75) is 13.1 Å². The fourth-order valence-electron chi connectivity index (χ4n) is 3.51. The average Bonchev–Trinajstić information content (AvgIpc) is 3.16. The molecule has 0 aliphatic heterocycles. The number of carbonyl (C=O) groups excluding carboxylic acids is 3. The Labute approximate surface area is 211 Å². The van der Waals surface area contributed by atoms with Gasteiger partial charge in [0.25, 0.3) is 5.91 Å². The highest BCUT2D eigenvalue weighted by Gasteiger charge is 2.30. The molecule has 3 N–H and O–H groups in total. The second-order valence-electron chi connectivity index (χ2n) is 7.87. The number of nitrogens with one attached hydrogen (secondary N) is 3. The minimum atomic E-state index is -4.61. The number of hydrogen-bond donors (Lipinski definition) is 3. The topological polar surface area (TPSA) is 92.2 Å². The summed E-state index contributed by atoms with van der Waals surface area (Å²) in [6, 6.07) is 17.6. The Kier molecular flexibility index (Phi) is 6.84. The number of hydrogen-bond acceptors (Lipinski definition) is 3. The molecule has 0 aliphatic carbocycles. The summed E-state index contributed by atoms with van der Waals surface area (Å²) in [5, 5.41) is 5.49. The standard InChI is InChI=1S/C25H18BrF3N4O3/c1-14-4-2-6-18(10-14)30-22(34)21-12-15-11-17(26)8-9-20(15)33(21)32-24(36)23(35)31-19-7-3-5-16(13-19)25(27,28)29/h2-13H,1H3,(H,30,34)(H,31,35)(H,32,36). The zero-order valence-electron chi connectivity index (χ0n) is 18.6. The van der Waals surface area contributed by atoms with Gasteiger partial charge in [-0.25, -0.2) is 4.68 Å². The third-order valence-corrected chi connectivity index (χ3v) is 5.63. The molecule has 184 valence electrons. The molecule has 0 atom stereocenters. The van der Waals surface area contributed by atoms with Crippen molar-refractivity contribution in [3.63, 3.8) is 0 Å². The second kappa shape index (κ2) is 9.86. The Morgan fingerprint density at radius 2 is 1.53 bits per heavy atom. The molecule has 0 unspecified atom stereocenters. The van der Waals surface area contributed by atoms with Gasteiger partial charge in [-0.3, -0.25) is 19.8 Å². The maximum absolute atomic E-state index is 13.1. The molecule has 7 nitrogen and oxygen atoms in total. The Morgan fingerprint density at radius 1 is 0.833 bits per heavy atom. The van der Waals surface area contributed by atoms with Gasteiger partial charge in [0.2, 0.25) is 0 Å². The number of amides is 3. The first-order chi connectivity index (χ1) is 17.0. The van der Waals surface area contributed by atoms with Crippen LogP contribution in [0.3, 0.4) is 0 Å². The van der Waals surface area contributed by atoms with E-state index in [1.807, 2.05) is 13.0 Å². The molecule has 0 saturated carbocycles. The van der Waals surface area contributed by atoms with Gasteiger partial charge < -0.3 is 10.6 Å². The van der Waals surface area contributed by atoms with Gasteiger partial charge in [0, 0.05) is 21.2 Å². The molecule has 3 amide bonds. The second-order valence-corrected chi connectivity index (χ2v) is 8.78. The number of carbonyl (C=O) groups is 3. The molecule has 36 heavy (non-hydrogen) atoms. The van der Waals surface area contributed by atoms with Crippen LogP contribution in [0.5, 0.6) is 0 Å². The maximum atomic E-state index is 13.1. The lowest BCUT2D eigenvalue weighted by Gasteiger charge is -2.13. The first kappa shape index (κ1) is 25.0. The van der Waals surface area contributed by atoms with Gasteiger partial charge in [0.1, 0.15) is 5.69 Å². The average molecular weight is 559 g/mol. The van der Waals surface area contributed by atoms with E-state index in [1.165, 1.54) is 12.1 Å². The van der Waals surface area contributed by atoms with Crippen molar-refractivity contribution < 1.29 is 27.6 Å². The van der Waals surface area contributed by atoms with E-state index >= 15 is 0 Å². The van der Waals surface area contributed by atoms with Gasteiger partial charge in [-0.1, -0.05) is 34.1 Å². The van der Waals surface area contributed by atoms with Crippen molar-refractivity contribution in [3.05, 3.63) is 94.1 Å². The van der Waals surface area contributed by atoms with Crippen LogP contribution in [0.4, 0.5) is 24.5 Å². The quantitative estimate of drug-likeness (QED) is 0.281. The number of rotatable bonds is 4. The highest BCUT2D eigenvalue weighted by atomic mass is 79.9. The smallest absolute Gasteiger partial charge is 0.321 e. The van der Waals surface area contributed by atoms with E-state index in [4.69, 9.17) is 0 Å². The third kappa shape index (κ3) is 5.57. The summed E-state index contributed by atoms with van der Waals surface area (Å²) >= 11 is 3.35. The van der Waals surface area contributed by atoms with Crippen molar-refractivity contribution in [1.29, 1.82) is 0 Å². The van der Waals surface area contributed by atoms with Crippen LogP contribution in [0.1, 0.15) is 21.6 Å². The molecule has 3 aromatic carbocycles. The van der Waals surface area contributed by atoms with Crippen LogP contribution >= 0.6 is 15.9 Å². The molecule has 0 bridgehead atoms. The molecule has 1 aromatic heterocycles. The van der Waals surface area contributed by atoms with Crippen molar-refractivity contribution in [3.8, 4) is 0 Å². The lowest BCUT2D eigenvalue weighted by atomic mass is 10.2. The van der Waals surface area contributed by atoms with Crippen LogP contribution in [-0.2, 0) is 15.8 Å². The van der Waals surface area contributed by atoms with Crippen molar-refractivity contribution in [2.24, 2.45) is 0 Å². The predicted molar refractivity (Wildman–Crippen MR) is 133 cm³/mol. The normalized spacial score (nSPS) is 11.2. The zero-order valence-corrected chi connectivity index (χ0v) is 20.2. The highest BCUT2D eigenvalue weighted by Crippen LogP contribution is 2.30. The van der Waals surface area contributed by atoms with Crippen LogP contribution < -0.4 is 16.1 Å². The fourth-order valence-corrected chi connectivity index (χ4v) is 3.88. The summed E-state index contributed by atoms with van der Waals surface area (Å²) in [4.78, 5) is 38.2. The molecule has 4 aromatic rings. The van der Waals surface area contributed by atoms with Gasteiger partial charge in [-0.2, -0.15) is 13.2 Å². The molecule has 0 radical (unpaired) electrons. The third-order valence-electron chi connectivity index (χ3n) is 5.14. The van der Waals surface area contributed by atoms with E-state index < -0.39 is 29.5 Å². The van der Waals surface area contributed by atoms with Crippen LogP contribution in [0.15, 0.2) is 77.3 Å². The molecular formula is C25H18BrF3N4O3. The number of alkyl halides is 3. The van der Waals surface area contributed by atoms with E-state index in [0.29, 0.717) is 22.7 Å². The van der Waals surface area contributed by atoms with E-state index in [0.717, 1.165) is 26.8 Å². The minimum Gasteiger partial charge on any atom is -0.321 e. The van der Waals surface area contributed by atoms with Gasteiger partial charge in [-0.15, -0.1) is 0 Å². The number of aromatic nitrogens is 1. The summed E-state index contributed by atoms with van der Waals surface area (Å²) in [5.74, 6) is -2.94. The molecule has 0 spiro atoms. The van der Waals surface area contributed by atoms with Crippen LogP contribution in [-0.4, -0.2) is 22.4 Å². The maximum Gasteiger partial charge on any atom is 0.416 e. The Bertz CT molecular complexity index is 1500. The zero-order chi connectivity index (χ0) is 26.0. The number of anilines is 2. The predicted octanol–water partition coefficient (Wildman–Crippen LogP) is 5.69. The van der Waals surface area contributed by atoms with E-state index in [2.05, 4.69) is 32.0 Å². The van der Waals surface area contributed by atoms with Crippen LogP contribution in [0.2, 0.25) is 0 Å². The first-order valence-electron chi connectivity index (χ1n) is 10.5. The number of benzene rings is 3. The van der Waals surface area contributed by atoms with Gasteiger partial charge in [-0.05, 0) is 67.1 Å². The molecule has 0 aliphatic rings. The van der Waals surface area contributed by atoms with Crippen molar-refractivity contribution in [1.82, 2.24) is 4.68 Å². The fraction of sp³-hybridized carbons (Fsp3) is 0.0800. The summed E-state index contributed by atoms with van der Waals surface area (Å²) in [7, 11) is 0. The molecular weight excluding hydrogens is 541 g/mol. The first-order valence-corrected chi connectivity index (χ1v) is 11.3. The van der Waals surface area contributed by atoms with Gasteiger partial charge >= 0.3 is 18.0 Å². The Hall–Kier alpha value is -4.12. The summed E-state index contributed by atoms with van der Waals surface area (Å²) in [5.41, 5.74) is 3.10. The molecule has 4 rings (SSSR count). The largest absolute Gasteiger partial charge is 0.416 e. The molecule has 0 fully saturated rings. The van der Waals surface area contributed by atoms with E-state index in [-0.39, 0.29) is 11.4 Å². The van der Waals surface area contributed by atoms with Crippen molar-refractivity contribution in [2.75, 3.05) is 16.1 Å². The lowest BCUT2D eigenvalue weighted by molar-refractivity contribution is -0.137. The number of nitrogens with zero attached hydrogens (tertiary/aromatic N) is 1. The van der Waals surface area contributed by atoms with Crippen LogP contribution in [0, 0.1) is 6.92 Å². The number of aryl methyl sites for hydroxylation is 1. The highest BCUT2D eigenvalue weighted by molar-refractivity contribution is 9.10. The molecule has 0 saturated heterocycles. The SMILES string of the molecule is Cc1cccc(NC(=O)c2cc3cc(Br)ccc3n2NC(=O)C(=O)Nc2cccc(C(F)(F)F)c2)c1. The monoisotopic (exact) mass is 558 g/mol. The minimum absolute atomic E-state index is 0.0322. The molecule has 11 heteroatoms. The number of fused-ring (bicyclic) bond motifs is 1. The van der Waals surface area contributed by atoms with E-state index in [1.54, 1.807) is 36.4 Å².